The fraction of sp³-hybridized carbons (Fsp3) is 0. The number of nitrogens with zero attached hydrogens (tertiary/aromatic N) is 1. The smallest absolute Gasteiger partial charge is 0.178 e. The third-order valence-electron chi connectivity index (χ3n) is 1.40. The number of rotatable bonds is 1. The summed E-state index contributed by atoms with van der Waals surface area (Å²) in [7, 11) is -8.65. The van der Waals surface area contributed by atoms with E-state index in [1.54, 1.807) is 0 Å². The van der Waals surface area contributed by atoms with Crippen LogP contribution in [0.3, 0.4) is 0 Å². The van der Waals surface area contributed by atoms with Gasteiger partial charge < -0.3 is 0 Å². The molecule has 13 heavy (non-hydrogen) atoms. The van der Waals surface area contributed by atoms with Gasteiger partial charge in [0.05, 0.1) is 4.90 Å². The van der Waals surface area contributed by atoms with Crippen molar-refractivity contribution < 1.29 is 15.5 Å². The fourth-order valence-electron chi connectivity index (χ4n) is 0.747. The summed E-state index contributed by atoms with van der Waals surface area (Å²) in [5.74, 6) is 0. The number of halogens is 4. The van der Waals surface area contributed by atoms with Gasteiger partial charge in [-0.15, -0.1) is 15.5 Å². The number of hydrogen-bond donors (Lipinski definition) is 0. The maximum Gasteiger partial charge on any atom is 0.261 e. The van der Waals surface area contributed by atoms with Crippen molar-refractivity contribution in [2.45, 2.75) is 4.90 Å². The van der Waals surface area contributed by atoms with Crippen molar-refractivity contribution in [2.24, 2.45) is 0 Å². The Labute approximate surface area is 72.0 Å². The van der Waals surface area contributed by atoms with Crippen LogP contribution in [0.1, 0.15) is 0 Å². The zero-order chi connectivity index (χ0) is 10.2. The molecule has 0 saturated heterocycles. The minimum atomic E-state index is -8.65. The van der Waals surface area contributed by atoms with Crippen molar-refractivity contribution >= 4 is 9.84 Å². The quantitative estimate of drug-likeness (QED) is 0.509. The number of hydrogen-bond acceptors (Lipinski definition) is 1. The van der Waals surface area contributed by atoms with Gasteiger partial charge in [0.25, 0.3) is 9.84 Å². The molecule has 1 aromatic carbocycles. The first-order chi connectivity index (χ1) is 5.68. The molecule has 0 heterocycles. The minimum Gasteiger partial charge on any atom is -0.178 e. The van der Waals surface area contributed by atoms with Gasteiger partial charge in [-0.25, -0.2) is 0 Å². The van der Waals surface area contributed by atoms with E-state index >= 15 is 0 Å². The SMILES string of the molecule is N#CS(F)(F)(F)(F)c1ccccc1. The average molecular weight is 211 g/mol. The van der Waals surface area contributed by atoms with Crippen molar-refractivity contribution in [3.8, 4) is 5.40 Å². The first-order valence-corrected chi connectivity index (χ1v) is 5.21. The first-order valence-electron chi connectivity index (χ1n) is 3.16. The van der Waals surface area contributed by atoms with Crippen LogP contribution in [0.4, 0.5) is 15.5 Å². The maximum atomic E-state index is 12.7. The van der Waals surface area contributed by atoms with Crippen LogP contribution >= 0.6 is 9.84 Å². The summed E-state index contributed by atoms with van der Waals surface area (Å²) < 4.78 is 50.7. The second kappa shape index (κ2) is 1.99. The lowest BCUT2D eigenvalue weighted by atomic mass is 10.4. The normalized spacial score (nSPS) is 16.8. The molecule has 0 saturated carbocycles. The molecule has 0 N–H and O–H groups in total. The number of benzene rings is 1. The average Bonchev–Trinajstić information content (AvgIpc) is 2.05. The third kappa shape index (κ3) is 1.75. The van der Waals surface area contributed by atoms with Crippen molar-refractivity contribution in [1.82, 2.24) is 0 Å². The molecule has 0 fully saturated rings. The third-order valence-corrected chi connectivity index (χ3v) is 2.99. The Balaban J connectivity index is 3.50. The largest absolute Gasteiger partial charge is 0.261 e. The topological polar surface area (TPSA) is 23.8 Å². The van der Waals surface area contributed by atoms with Gasteiger partial charge in [-0.05, 0) is 12.1 Å². The standard InChI is InChI=1S/C7H5F4NS/c8-13(9,10,11,6-12)7-4-2-1-3-5-7/h1-5H. The van der Waals surface area contributed by atoms with E-state index in [1.165, 1.54) is 6.07 Å². The van der Waals surface area contributed by atoms with Crippen LogP contribution in [0.2, 0.25) is 0 Å². The van der Waals surface area contributed by atoms with Crippen LogP contribution in [0.15, 0.2) is 35.2 Å². The molecule has 0 unspecified atom stereocenters. The van der Waals surface area contributed by atoms with Crippen molar-refractivity contribution in [3.05, 3.63) is 30.3 Å². The summed E-state index contributed by atoms with van der Waals surface area (Å²) >= 11 is 0. The lowest BCUT2D eigenvalue weighted by molar-refractivity contribution is 0.468. The van der Waals surface area contributed by atoms with Crippen LogP contribution in [0.5, 0.6) is 0 Å². The molecule has 6 heteroatoms. The fourth-order valence-corrected chi connectivity index (χ4v) is 1.56. The lowest BCUT2D eigenvalue weighted by Gasteiger charge is -2.41. The highest BCUT2D eigenvalue weighted by molar-refractivity contribution is 8.53. The summed E-state index contributed by atoms with van der Waals surface area (Å²) in [6.45, 7) is 0. The van der Waals surface area contributed by atoms with E-state index in [-0.39, 0.29) is 5.40 Å². The van der Waals surface area contributed by atoms with Crippen LogP contribution in [0.25, 0.3) is 0 Å². The van der Waals surface area contributed by atoms with E-state index in [2.05, 4.69) is 0 Å². The summed E-state index contributed by atoms with van der Waals surface area (Å²) in [6, 6.07) is 4.47. The van der Waals surface area contributed by atoms with E-state index in [0.717, 1.165) is 12.1 Å². The molecule has 72 valence electrons. The van der Waals surface area contributed by atoms with Gasteiger partial charge >= 0.3 is 0 Å². The van der Waals surface area contributed by atoms with Crippen LogP contribution in [-0.2, 0) is 0 Å². The van der Waals surface area contributed by atoms with E-state index in [4.69, 9.17) is 5.26 Å². The van der Waals surface area contributed by atoms with Crippen molar-refractivity contribution in [2.75, 3.05) is 0 Å². The zero-order valence-corrected chi connectivity index (χ0v) is 7.07. The van der Waals surface area contributed by atoms with Crippen molar-refractivity contribution in [3.63, 3.8) is 0 Å². The highest BCUT2D eigenvalue weighted by atomic mass is 32.5. The summed E-state index contributed by atoms with van der Waals surface area (Å²) in [5, 5.41) is 7.73. The molecule has 1 rings (SSSR count). The molecule has 0 bridgehead atoms. The summed E-state index contributed by atoms with van der Waals surface area (Å²) in [4.78, 5) is -1.51. The minimum absolute atomic E-state index is 0.138. The molecule has 0 spiro atoms. The Morgan fingerprint density at radius 1 is 1.00 bits per heavy atom. The Morgan fingerprint density at radius 3 is 1.85 bits per heavy atom. The molecular weight excluding hydrogens is 206 g/mol. The highest BCUT2D eigenvalue weighted by Crippen LogP contribution is 2.99. The van der Waals surface area contributed by atoms with Crippen molar-refractivity contribution in [1.29, 1.82) is 5.26 Å². The Morgan fingerprint density at radius 2 is 1.46 bits per heavy atom. The monoisotopic (exact) mass is 211 g/mol. The number of thiocyanates is 1. The van der Waals surface area contributed by atoms with Gasteiger partial charge in [-0.1, -0.05) is 18.2 Å². The Hall–Kier alpha value is -1.22. The number of nitriles is 1. The lowest BCUT2D eigenvalue weighted by Crippen LogP contribution is -2.09. The summed E-state index contributed by atoms with van der Waals surface area (Å²) in [6.07, 6.45) is 0. The predicted octanol–water partition coefficient (Wildman–Crippen LogP) is 3.94. The summed E-state index contributed by atoms with van der Waals surface area (Å²) in [5.41, 5.74) is 0. The van der Waals surface area contributed by atoms with E-state index in [0.29, 0.717) is 12.1 Å². The molecular formula is C7H5F4NS. The second-order valence-electron chi connectivity index (χ2n) is 2.47. The molecule has 0 aliphatic rings. The van der Waals surface area contributed by atoms with E-state index in [9.17, 15) is 15.5 Å². The molecule has 0 radical (unpaired) electrons. The molecule has 0 aliphatic heterocycles. The van der Waals surface area contributed by atoms with Gasteiger partial charge in [0.2, 0.25) is 5.40 Å². The second-order valence-corrected chi connectivity index (χ2v) is 5.27. The van der Waals surface area contributed by atoms with Gasteiger partial charge in [0, 0.05) is 0 Å². The van der Waals surface area contributed by atoms with E-state index in [1.807, 2.05) is 0 Å². The molecule has 1 aromatic rings. The molecule has 1 nitrogen and oxygen atoms in total. The predicted molar refractivity (Wildman–Crippen MR) is 42.3 cm³/mol. The van der Waals surface area contributed by atoms with Crippen LogP contribution < -0.4 is 0 Å². The molecule has 0 aromatic heterocycles. The van der Waals surface area contributed by atoms with Crippen LogP contribution in [-0.4, -0.2) is 0 Å². The highest BCUT2D eigenvalue weighted by Gasteiger charge is 2.65. The van der Waals surface area contributed by atoms with Crippen LogP contribution in [0, 0.1) is 10.7 Å². The molecule has 0 amide bonds. The van der Waals surface area contributed by atoms with Gasteiger partial charge in [-0.2, -0.15) is 5.26 Å². The molecule has 0 atom stereocenters. The van der Waals surface area contributed by atoms with Gasteiger partial charge in [-0.3, -0.25) is 0 Å². The van der Waals surface area contributed by atoms with Gasteiger partial charge in [0.15, 0.2) is 0 Å². The molecule has 0 aliphatic carbocycles. The van der Waals surface area contributed by atoms with E-state index < -0.39 is 14.7 Å². The van der Waals surface area contributed by atoms with Gasteiger partial charge in [0.1, 0.15) is 0 Å². The Bertz CT molecular complexity index is 373. The maximum absolute atomic E-state index is 12.7. The zero-order valence-electron chi connectivity index (χ0n) is 6.25. The first kappa shape index (κ1) is 9.86. The Kier molecular flexibility index (Phi) is 1.51.